The van der Waals surface area contributed by atoms with Crippen LogP contribution >= 0.6 is 46.4 Å². The molecular formula is C10H12Cl4. The Morgan fingerprint density at radius 2 is 0.786 bits per heavy atom. The van der Waals surface area contributed by atoms with Gasteiger partial charge in [-0.1, -0.05) is 0 Å². The molecule has 0 heterocycles. The first kappa shape index (κ1) is 10.3. The Hall–Kier alpha value is 1.16. The Morgan fingerprint density at radius 1 is 0.571 bits per heavy atom. The molecule has 0 N–H and O–H groups in total. The van der Waals surface area contributed by atoms with Crippen LogP contribution < -0.4 is 0 Å². The highest BCUT2D eigenvalue weighted by Gasteiger charge is 2.68. The molecule has 4 heteroatoms. The van der Waals surface area contributed by atoms with E-state index in [0.29, 0.717) is 23.7 Å². The van der Waals surface area contributed by atoms with Crippen molar-refractivity contribution in [1.82, 2.24) is 0 Å². The lowest BCUT2D eigenvalue weighted by molar-refractivity contribution is 0.468. The highest BCUT2D eigenvalue weighted by Crippen LogP contribution is 2.70. The summed E-state index contributed by atoms with van der Waals surface area (Å²) in [6.07, 6.45) is 4.39. The minimum Gasteiger partial charge on any atom is -0.101 e. The lowest BCUT2D eigenvalue weighted by atomic mass is 10.0. The van der Waals surface area contributed by atoms with Crippen molar-refractivity contribution in [2.75, 3.05) is 0 Å². The summed E-state index contributed by atoms with van der Waals surface area (Å²) in [7, 11) is 0. The van der Waals surface area contributed by atoms with E-state index < -0.39 is 8.67 Å². The number of rotatable bonds is 0. The first-order chi connectivity index (χ1) is 6.45. The third kappa shape index (κ3) is 1.27. The van der Waals surface area contributed by atoms with Crippen molar-refractivity contribution < 1.29 is 0 Å². The summed E-state index contributed by atoms with van der Waals surface area (Å²) < 4.78 is -0.865. The quantitative estimate of drug-likeness (QED) is 0.574. The topological polar surface area (TPSA) is 0 Å². The van der Waals surface area contributed by atoms with Gasteiger partial charge in [0.25, 0.3) is 0 Å². The van der Waals surface area contributed by atoms with Gasteiger partial charge in [0.1, 0.15) is 8.67 Å². The molecule has 14 heavy (non-hydrogen) atoms. The monoisotopic (exact) mass is 272 g/mol. The molecule has 0 saturated heterocycles. The fourth-order valence-corrected chi connectivity index (χ4v) is 5.05. The van der Waals surface area contributed by atoms with Crippen molar-refractivity contribution in [3.05, 3.63) is 0 Å². The van der Waals surface area contributed by atoms with Gasteiger partial charge in [0.15, 0.2) is 0 Å². The molecule has 3 aliphatic carbocycles. The van der Waals surface area contributed by atoms with Crippen molar-refractivity contribution in [3.8, 4) is 0 Å². The van der Waals surface area contributed by atoms with E-state index in [1.165, 1.54) is 0 Å². The molecule has 0 aliphatic heterocycles. The minimum absolute atomic E-state index is 0.432. The zero-order chi connectivity index (χ0) is 10.1. The molecule has 4 atom stereocenters. The molecule has 0 aromatic heterocycles. The molecule has 0 bridgehead atoms. The summed E-state index contributed by atoms with van der Waals surface area (Å²) >= 11 is 24.8. The number of halogens is 4. The van der Waals surface area contributed by atoms with Crippen LogP contribution in [0.1, 0.15) is 25.7 Å². The van der Waals surface area contributed by atoms with Crippen LogP contribution in [0, 0.1) is 23.7 Å². The average Bonchev–Trinajstić information content (AvgIpc) is 2.67. The Balaban J connectivity index is 1.71. The molecule has 0 spiro atoms. The second kappa shape index (κ2) is 2.88. The van der Waals surface area contributed by atoms with E-state index in [2.05, 4.69) is 0 Å². The lowest BCUT2D eigenvalue weighted by Crippen LogP contribution is -1.95. The Bertz CT molecular complexity index is 221. The molecule has 3 fully saturated rings. The van der Waals surface area contributed by atoms with E-state index in [1.54, 1.807) is 0 Å². The third-order valence-corrected chi connectivity index (χ3v) is 6.55. The smallest absolute Gasteiger partial charge is 0.101 e. The van der Waals surface area contributed by atoms with Gasteiger partial charge in [-0.15, -0.1) is 46.4 Å². The second-order valence-electron chi connectivity index (χ2n) is 4.93. The van der Waals surface area contributed by atoms with Crippen LogP contribution in [0.5, 0.6) is 0 Å². The Morgan fingerprint density at radius 3 is 1.00 bits per heavy atom. The third-order valence-electron chi connectivity index (χ3n) is 4.31. The van der Waals surface area contributed by atoms with Gasteiger partial charge in [-0.2, -0.15) is 0 Å². The summed E-state index contributed by atoms with van der Waals surface area (Å²) in [5.41, 5.74) is 0. The predicted octanol–water partition coefficient (Wildman–Crippen LogP) is 4.40. The molecular weight excluding hydrogens is 262 g/mol. The van der Waals surface area contributed by atoms with Crippen LogP contribution in [0.15, 0.2) is 0 Å². The van der Waals surface area contributed by atoms with Crippen molar-refractivity contribution in [3.63, 3.8) is 0 Å². The number of fused-ring (bicyclic) bond motifs is 2. The maximum atomic E-state index is 6.19. The van der Waals surface area contributed by atoms with Gasteiger partial charge in [-0.25, -0.2) is 0 Å². The van der Waals surface area contributed by atoms with Crippen molar-refractivity contribution in [1.29, 1.82) is 0 Å². The van der Waals surface area contributed by atoms with E-state index >= 15 is 0 Å². The van der Waals surface area contributed by atoms with Gasteiger partial charge < -0.3 is 0 Å². The van der Waals surface area contributed by atoms with E-state index in [4.69, 9.17) is 46.4 Å². The van der Waals surface area contributed by atoms with E-state index in [9.17, 15) is 0 Å². The Kier molecular flexibility index (Phi) is 2.13. The van der Waals surface area contributed by atoms with E-state index in [-0.39, 0.29) is 0 Å². The largest absolute Gasteiger partial charge is 0.124 e. The highest BCUT2D eigenvalue weighted by atomic mass is 35.5. The summed E-state index contributed by atoms with van der Waals surface area (Å²) in [6.45, 7) is 0. The van der Waals surface area contributed by atoms with Crippen LogP contribution in [-0.4, -0.2) is 8.67 Å². The van der Waals surface area contributed by atoms with Gasteiger partial charge in [0.2, 0.25) is 0 Å². The fourth-order valence-electron chi connectivity index (χ4n) is 3.21. The maximum Gasteiger partial charge on any atom is 0.124 e. The first-order valence-corrected chi connectivity index (χ1v) is 6.72. The van der Waals surface area contributed by atoms with Crippen LogP contribution in [0.25, 0.3) is 0 Å². The van der Waals surface area contributed by atoms with Crippen LogP contribution in [-0.2, 0) is 0 Å². The SMILES string of the molecule is ClC1(Cl)[C@@H]2CC[C@@H]3[C@H](CC[C@H]21)C3(Cl)Cl. The summed E-state index contributed by atoms with van der Waals surface area (Å²) in [5.74, 6) is 1.99. The molecule has 3 aliphatic rings. The van der Waals surface area contributed by atoms with E-state index in [0.717, 1.165) is 25.7 Å². The number of hydrogen-bond acceptors (Lipinski definition) is 0. The summed E-state index contributed by atoms with van der Waals surface area (Å²) in [6, 6.07) is 0. The Labute approximate surface area is 104 Å². The molecule has 0 unspecified atom stereocenters. The predicted molar refractivity (Wildman–Crippen MR) is 61.3 cm³/mol. The van der Waals surface area contributed by atoms with E-state index in [1.807, 2.05) is 0 Å². The number of alkyl halides is 4. The summed E-state index contributed by atoms with van der Waals surface area (Å²) in [4.78, 5) is 0. The van der Waals surface area contributed by atoms with Crippen molar-refractivity contribution >= 4 is 46.4 Å². The van der Waals surface area contributed by atoms with Gasteiger partial charge >= 0.3 is 0 Å². The van der Waals surface area contributed by atoms with Crippen molar-refractivity contribution in [2.45, 2.75) is 34.3 Å². The number of hydrogen-bond donors (Lipinski definition) is 0. The molecule has 3 saturated carbocycles. The maximum absolute atomic E-state index is 6.19. The second-order valence-corrected chi connectivity index (χ2v) is 7.82. The standard InChI is InChI=1S/C10H12Cl4/c11-9(12)5-1-2-6-8(10(6,13)14)4-3-7(5)9/h5-8H,1-4H2/t5-,6-,7-,8+/m1/s1. The summed E-state index contributed by atoms with van der Waals surface area (Å²) in [5, 5.41) is 0. The molecule has 0 nitrogen and oxygen atoms in total. The van der Waals surface area contributed by atoms with Gasteiger partial charge in [0.05, 0.1) is 0 Å². The normalized spacial score (nSPS) is 52.3. The van der Waals surface area contributed by atoms with Gasteiger partial charge in [-0.3, -0.25) is 0 Å². The van der Waals surface area contributed by atoms with Crippen LogP contribution in [0.2, 0.25) is 0 Å². The zero-order valence-corrected chi connectivity index (χ0v) is 10.7. The molecule has 0 aromatic carbocycles. The van der Waals surface area contributed by atoms with Gasteiger partial charge in [-0.05, 0) is 49.4 Å². The molecule has 0 aromatic rings. The lowest BCUT2D eigenvalue weighted by Gasteiger charge is -2.02. The van der Waals surface area contributed by atoms with Crippen molar-refractivity contribution in [2.24, 2.45) is 23.7 Å². The zero-order valence-electron chi connectivity index (χ0n) is 7.65. The van der Waals surface area contributed by atoms with Gasteiger partial charge in [0, 0.05) is 0 Å². The molecule has 3 rings (SSSR count). The highest BCUT2D eigenvalue weighted by molar-refractivity contribution is 6.52. The fraction of sp³-hybridized carbons (Fsp3) is 1.00. The van der Waals surface area contributed by atoms with Crippen LogP contribution in [0.4, 0.5) is 0 Å². The molecule has 80 valence electrons. The first-order valence-electron chi connectivity index (χ1n) is 5.21. The van der Waals surface area contributed by atoms with Crippen LogP contribution in [0.3, 0.4) is 0 Å². The molecule has 0 radical (unpaired) electrons. The minimum atomic E-state index is -0.432. The average molecular weight is 274 g/mol. The molecule has 0 amide bonds.